The van der Waals surface area contributed by atoms with Gasteiger partial charge in [0.1, 0.15) is 0 Å². The average Bonchev–Trinajstić information content (AvgIpc) is 1.98. The molecule has 1 atom stereocenters. The maximum atomic E-state index is 11.7. The first-order chi connectivity index (χ1) is 6.04. The van der Waals surface area contributed by atoms with Gasteiger partial charge in [-0.1, -0.05) is 13.8 Å². The van der Waals surface area contributed by atoms with Crippen LogP contribution in [0.2, 0.25) is 0 Å². The van der Waals surface area contributed by atoms with Gasteiger partial charge in [-0.25, -0.2) is 0 Å². The molecule has 1 fully saturated rings. The molecule has 1 aliphatic rings. The molecule has 0 aromatic carbocycles. The molecule has 0 aromatic rings. The lowest BCUT2D eigenvalue weighted by Crippen LogP contribution is -2.50. The van der Waals surface area contributed by atoms with E-state index in [1.807, 2.05) is 25.8 Å². The van der Waals surface area contributed by atoms with Gasteiger partial charge < -0.3 is 10.6 Å². The number of hydrogen-bond donors (Lipinski definition) is 1. The molecule has 1 amide bonds. The number of likely N-dealkylation sites (N-methyl/N-ethyl adjacent to an activating group) is 1. The normalized spacial score (nSPS) is 19.8. The summed E-state index contributed by atoms with van der Waals surface area (Å²) in [5.41, 5.74) is 5.79. The fraction of sp³-hybridized carbons (Fsp3) is 0.900. The molecule has 2 N–H and O–H groups in total. The van der Waals surface area contributed by atoms with Crippen molar-refractivity contribution in [2.24, 2.45) is 11.7 Å². The molecule has 76 valence electrons. The summed E-state index contributed by atoms with van der Waals surface area (Å²) >= 11 is 0. The molecular formula is C10H20N2O. The van der Waals surface area contributed by atoms with Crippen LogP contribution in [0.15, 0.2) is 0 Å². The first kappa shape index (κ1) is 10.5. The predicted molar refractivity (Wildman–Crippen MR) is 53.2 cm³/mol. The van der Waals surface area contributed by atoms with Crippen molar-refractivity contribution in [2.75, 3.05) is 7.05 Å². The maximum Gasteiger partial charge on any atom is 0.239 e. The lowest BCUT2D eigenvalue weighted by molar-refractivity contribution is -0.135. The molecule has 1 rings (SSSR count). The molecule has 0 radical (unpaired) electrons. The predicted octanol–water partition coefficient (Wildman–Crippen LogP) is 0.981. The van der Waals surface area contributed by atoms with Gasteiger partial charge in [-0.05, 0) is 25.2 Å². The van der Waals surface area contributed by atoms with E-state index in [0.29, 0.717) is 6.04 Å². The Balaban J connectivity index is 2.45. The van der Waals surface area contributed by atoms with Crippen LogP contribution in [0, 0.1) is 5.92 Å². The van der Waals surface area contributed by atoms with Crippen molar-refractivity contribution >= 4 is 5.91 Å². The molecule has 13 heavy (non-hydrogen) atoms. The maximum absolute atomic E-state index is 11.7. The van der Waals surface area contributed by atoms with E-state index >= 15 is 0 Å². The smallest absolute Gasteiger partial charge is 0.239 e. The minimum absolute atomic E-state index is 0.0969. The minimum Gasteiger partial charge on any atom is -0.341 e. The summed E-state index contributed by atoms with van der Waals surface area (Å²) in [7, 11) is 1.87. The standard InChI is InChI=1S/C10H20N2O/c1-7(2)9(11)10(13)12(3)8-5-4-6-8/h7-9H,4-6,11H2,1-3H3/t9-/m0/s1. The first-order valence-corrected chi connectivity index (χ1v) is 5.06. The SMILES string of the molecule is CC(C)[C@H](N)C(=O)N(C)C1CCC1. The van der Waals surface area contributed by atoms with Crippen LogP contribution in [0.4, 0.5) is 0 Å². The summed E-state index contributed by atoms with van der Waals surface area (Å²) < 4.78 is 0. The summed E-state index contributed by atoms with van der Waals surface area (Å²) in [6.45, 7) is 3.97. The van der Waals surface area contributed by atoms with E-state index in [-0.39, 0.29) is 17.9 Å². The fourth-order valence-electron chi connectivity index (χ4n) is 1.47. The van der Waals surface area contributed by atoms with Crippen molar-refractivity contribution < 1.29 is 4.79 Å². The Morgan fingerprint density at radius 3 is 2.31 bits per heavy atom. The van der Waals surface area contributed by atoms with E-state index in [2.05, 4.69) is 0 Å². The van der Waals surface area contributed by atoms with Gasteiger partial charge in [-0.2, -0.15) is 0 Å². The van der Waals surface area contributed by atoms with Gasteiger partial charge in [-0.3, -0.25) is 4.79 Å². The van der Waals surface area contributed by atoms with Gasteiger partial charge >= 0.3 is 0 Å². The monoisotopic (exact) mass is 184 g/mol. The third-order valence-electron chi connectivity index (χ3n) is 2.97. The molecule has 0 aliphatic heterocycles. The summed E-state index contributed by atoms with van der Waals surface area (Å²) in [5.74, 6) is 0.328. The highest BCUT2D eigenvalue weighted by atomic mass is 16.2. The van der Waals surface area contributed by atoms with Crippen LogP contribution in [0.1, 0.15) is 33.1 Å². The highest BCUT2D eigenvalue weighted by Crippen LogP contribution is 2.24. The number of hydrogen-bond acceptors (Lipinski definition) is 2. The van der Waals surface area contributed by atoms with E-state index in [1.165, 1.54) is 6.42 Å². The Kier molecular flexibility index (Phi) is 3.31. The van der Waals surface area contributed by atoms with E-state index < -0.39 is 0 Å². The second-order valence-corrected chi connectivity index (χ2v) is 4.30. The van der Waals surface area contributed by atoms with Gasteiger partial charge in [0.05, 0.1) is 6.04 Å². The molecule has 0 spiro atoms. The number of amides is 1. The Labute approximate surface area is 80.3 Å². The van der Waals surface area contributed by atoms with E-state index in [4.69, 9.17) is 5.73 Å². The van der Waals surface area contributed by atoms with Gasteiger partial charge in [0, 0.05) is 13.1 Å². The van der Waals surface area contributed by atoms with Crippen LogP contribution in [0.25, 0.3) is 0 Å². The Morgan fingerprint density at radius 1 is 1.46 bits per heavy atom. The third-order valence-corrected chi connectivity index (χ3v) is 2.97. The second kappa shape index (κ2) is 4.09. The molecule has 0 saturated heterocycles. The van der Waals surface area contributed by atoms with E-state index in [9.17, 15) is 4.79 Å². The van der Waals surface area contributed by atoms with Gasteiger partial charge in [0.2, 0.25) is 5.91 Å². The van der Waals surface area contributed by atoms with E-state index in [0.717, 1.165) is 12.8 Å². The van der Waals surface area contributed by atoms with Crippen LogP contribution in [-0.2, 0) is 4.79 Å². The van der Waals surface area contributed by atoms with Crippen molar-refractivity contribution in [1.29, 1.82) is 0 Å². The molecule has 1 aliphatic carbocycles. The largest absolute Gasteiger partial charge is 0.341 e. The van der Waals surface area contributed by atoms with Crippen molar-refractivity contribution in [1.82, 2.24) is 4.90 Å². The third kappa shape index (κ3) is 2.21. The summed E-state index contributed by atoms with van der Waals surface area (Å²) in [4.78, 5) is 13.5. The quantitative estimate of drug-likeness (QED) is 0.710. The zero-order chi connectivity index (χ0) is 10.0. The zero-order valence-corrected chi connectivity index (χ0v) is 8.79. The van der Waals surface area contributed by atoms with Crippen LogP contribution in [0.5, 0.6) is 0 Å². The fourth-order valence-corrected chi connectivity index (χ4v) is 1.47. The number of carbonyl (C=O) groups is 1. The van der Waals surface area contributed by atoms with Crippen LogP contribution in [0.3, 0.4) is 0 Å². The lowest BCUT2D eigenvalue weighted by Gasteiger charge is -2.36. The topological polar surface area (TPSA) is 46.3 Å². The number of nitrogens with zero attached hydrogens (tertiary/aromatic N) is 1. The van der Waals surface area contributed by atoms with Crippen molar-refractivity contribution in [3.8, 4) is 0 Å². The minimum atomic E-state index is -0.328. The van der Waals surface area contributed by atoms with Gasteiger partial charge in [0.25, 0.3) is 0 Å². The number of rotatable bonds is 3. The summed E-state index contributed by atoms with van der Waals surface area (Å²) in [5, 5.41) is 0. The molecule has 3 nitrogen and oxygen atoms in total. The molecular weight excluding hydrogens is 164 g/mol. The van der Waals surface area contributed by atoms with Crippen molar-refractivity contribution in [3.05, 3.63) is 0 Å². The average molecular weight is 184 g/mol. The highest BCUT2D eigenvalue weighted by Gasteiger charge is 2.29. The van der Waals surface area contributed by atoms with Crippen molar-refractivity contribution in [3.63, 3.8) is 0 Å². The zero-order valence-electron chi connectivity index (χ0n) is 8.79. The van der Waals surface area contributed by atoms with Gasteiger partial charge in [0.15, 0.2) is 0 Å². The Hall–Kier alpha value is -0.570. The highest BCUT2D eigenvalue weighted by molar-refractivity contribution is 5.82. The molecule has 1 saturated carbocycles. The molecule has 0 heterocycles. The molecule has 0 bridgehead atoms. The Bertz CT molecular complexity index is 187. The summed E-state index contributed by atoms with van der Waals surface area (Å²) in [6, 6.07) is 0.128. The van der Waals surface area contributed by atoms with E-state index in [1.54, 1.807) is 0 Å². The summed E-state index contributed by atoms with van der Waals surface area (Å²) in [6.07, 6.45) is 3.54. The number of nitrogens with two attached hydrogens (primary N) is 1. The first-order valence-electron chi connectivity index (χ1n) is 5.06. The second-order valence-electron chi connectivity index (χ2n) is 4.30. The lowest BCUT2D eigenvalue weighted by atomic mass is 9.91. The molecule has 3 heteroatoms. The Morgan fingerprint density at radius 2 is 2.00 bits per heavy atom. The molecule has 0 unspecified atom stereocenters. The van der Waals surface area contributed by atoms with Crippen LogP contribution in [-0.4, -0.2) is 29.9 Å². The van der Waals surface area contributed by atoms with Crippen LogP contribution >= 0.6 is 0 Å². The van der Waals surface area contributed by atoms with Crippen LogP contribution < -0.4 is 5.73 Å². The van der Waals surface area contributed by atoms with Crippen molar-refractivity contribution in [2.45, 2.75) is 45.2 Å². The number of carbonyl (C=O) groups excluding carboxylic acids is 1. The van der Waals surface area contributed by atoms with Gasteiger partial charge in [-0.15, -0.1) is 0 Å². The molecule has 0 aromatic heterocycles.